The third kappa shape index (κ3) is 6.49. The first kappa shape index (κ1) is 12.3. The van der Waals surface area contributed by atoms with E-state index in [9.17, 15) is 0 Å². The molecule has 0 saturated carbocycles. The molecule has 0 spiro atoms. The molecule has 13 heavy (non-hydrogen) atoms. The Kier molecular flexibility index (Phi) is 5.58. The van der Waals surface area contributed by atoms with Gasteiger partial charge in [0.1, 0.15) is 0 Å². The monoisotopic (exact) mass is 185 g/mol. The van der Waals surface area contributed by atoms with Crippen LogP contribution in [0.15, 0.2) is 16.2 Å². The van der Waals surface area contributed by atoms with Crippen LogP contribution in [0.3, 0.4) is 0 Å². The van der Waals surface area contributed by atoms with E-state index in [-0.39, 0.29) is 0 Å². The summed E-state index contributed by atoms with van der Waals surface area (Å²) in [6.45, 7) is 5.37. The molecule has 0 fully saturated rings. The summed E-state index contributed by atoms with van der Waals surface area (Å²) in [5.74, 6) is 0. The van der Waals surface area contributed by atoms with Crippen LogP contribution in [0, 0.1) is 0 Å². The van der Waals surface area contributed by atoms with Crippen LogP contribution in [0.5, 0.6) is 0 Å². The van der Waals surface area contributed by atoms with Crippen LogP contribution in [0.25, 0.3) is 0 Å². The largest absolute Gasteiger partial charge is 0.336 e. The topological polar surface area (TPSA) is 21.2 Å². The number of nitrogens with zero attached hydrogens (tertiary/aromatic N) is 1. The van der Waals surface area contributed by atoms with E-state index in [2.05, 4.69) is 33.0 Å². The molecule has 0 aliphatic heterocycles. The van der Waals surface area contributed by atoms with Crippen molar-refractivity contribution in [2.45, 2.75) is 13.8 Å². The van der Waals surface area contributed by atoms with Gasteiger partial charge in [-0.15, -0.1) is 0 Å². The highest BCUT2D eigenvalue weighted by Gasteiger charge is 1.99. The van der Waals surface area contributed by atoms with Gasteiger partial charge in [0.2, 0.25) is 0 Å². The number of quaternary nitrogens is 2. The van der Waals surface area contributed by atoms with Crippen molar-refractivity contribution in [2.75, 3.05) is 34.7 Å². The Morgan fingerprint density at radius 3 is 2.08 bits per heavy atom. The number of hydrogen-bond donors (Lipinski definition) is 2. The first-order chi connectivity index (χ1) is 5.93. The summed E-state index contributed by atoms with van der Waals surface area (Å²) in [6, 6.07) is 0. The highest BCUT2D eigenvalue weighted by molar-refractivity contribution is 5.78. The van der Waals surface area contributed by atoms with Gasteiger partial charge in [0.15, 0.2) is 0 Å². The van der Waals surface area contributed by atoms with Crippen LogP contribution >= 0.6 is 0 Å². The predicted molar refractivity (Wildman–Crippen MR) is 57.4 cm³/mol. The molecule has 0 heterocycles. The lowest BCUT2D eigenvalue weighted by molar-refractivity contribution is -0.865. The summed E-state index contributed by atoms with van der Waals surface area (Å²) in [7, 11) is 8.34. The predicted octanol–water partition coefficient (Wildman–Crippen LogP) is -1.40. The van der Waals surface area contributed by atoms with Crippen molar-refractivity contribution in [1.29, 1.82) is 0 Å². The number of allylic oxidation sites excluding steroid dienone is 1. The summed E-state index contributed by atoms with van der Waals surface area (Å²) >= 11 is 0. The number of hydrogen-bond acceptors (Lipinski definition) is 1. The Bertz CT molecular complexity index is 202. The van der Waals surface area contributed by atoms with Gasteiger partial charge in [-0.1, -0.05) is 5.10 Å². The summed E-state index contributed by atoms with van der Waals surface area (Å²) in [4.78, 5) is 1.45. The van der Waals surface area contributed by atoms with E-state index in [1.807, 2.05) is 20.3 Å². The maximum Gasteiger partial charge on any atom is 0.0987 e. The number of rotatable bonds is 4. The SMILES string of the molecule is CC(/C=N\[NH+](C)C)=C(/C)C[NH+](C)C. The summed E-state index contributed by atoms with van der Waals surface area (Å²) in [5, 5.41) is 5.38. The minimum Gasteiger partial charge on any atom is -0.336 e. The number of likely N-dealkylation sites (N-methyl/N-ethyl adjacent to an activating group) is 1. The van der Waals surface area contributed by atoms with Gasteiger partial charge in [0, 0.05) is 0 Å². The molecular weight excluding hydrogens is 162 g/mol. The molecule has 0 unspecified atom stereocenters. The van der Waals surface area contributed by atoms with Gasteiger partial charge < -0.3 is 4.90 Å². The summed E-state index contributed by atoms with van der Waals surface area (Å²) in [6.07, 6.45) is 1.95. The molecular formula is C10H23N3+2. The second kappa shape index (κ2) is 5.89. The van der Waals surface area contributed by atoms with Crippen LogP contribution in [0.1, 0.15) is 13.8 Å². The van der Waals surface area contributed by atoms with E-state index in [4.69, 9.17) is 0 Å². The third-order valence-electron chi connectivity index (χ3n) is 1.81. The van der Waals surface area contributed by atoms with E-state index < -0.39 is 0 Å². The first-order valence-electron chi connectivity index (χ1n) is 4.73. The van der Waals surface area contributed by atoms with Crippen molar-refractivity contribution < 1.29 is 9.91 Å². The fourth-order valence-electron chi connectivity index (χ4n) is 1.01. The second-order valence-corrected chi connectivity index (χ2v) is 4.05. The van der Waals surface area contributed by atoms with Crippen LogP contribution in [-0.2, 0) is 0 Å². The van der Waals surface area contributed by atoms with Gasteiger partial charge in [0.05, 0.1) is 41.0 Å². The third-order valence-corrected chi connectivity index (χ3v) is 1.81. The lowest BCUT2D eigenvalue weighted by atomic mass is 10.1. The minimum atomic E-state index is 1.08. The zero-order valence-electron chi connectivity index (χ0n) is 9.73. The highest BCUT2D eigenvalue weighted by atomic mass is 15.4. The average Bonchev–Trinajstić information content (AvgIpc) is 1.98. The first-order valence-corrected chi connectivity index (χ1v) is 4.73. The average molecular weight is 185 g/mol. The Morgan fingerprint density at radius 2 is 1.69 bits per heavy atom. The van der Waals surface area contributed by atoms with Gasteiger partial charge in [-0.25, -0.2) is 5.01 Å². The second-order valence-electron chi connectivity index (χ2n) is 4.05. The fourth-order valence-corrected chi connectivity index (χ4v) is 1.01. The zero-order valence-corrected chi connectivity index (χ0v) is 9.73. The molecule has 0 amide bonds. The van der Waals surface area contributed by atoms with Gasteiger partial charge in [-0.3, -0.25) is 0 Å². The van der Waals surface area contributed by atoms with Gasteiger partial charge in [0.25, 0.3) is 0 Å². The highest BCUT2D eigenvalue weighted by Crippen LogP contribution is 1.96. The van der Waals surface area contributed by atoms with Crippen LogP contribution < -0.4 is 9.91 Å². The molecule has 0 saturated heterocycles. The molecule has 2 N–H and O–H groups in total. The van der Waals surface area contributed by atoms with E-state index in [0.717, 1.165) is 11.6 Å². The van der Waals surface area contributed by atoms with Gasteiger partial charge >= 0.3 is 0 Å². The lowest BCUT2D eigenvalue weighted by Gasteiger charge is -2.08. The van der Waals surface area contributed by atoms with Crippen molar-refractivity contribution in [1.82, 2.24) is 0 Å². The van der Waals surface area contributed by atoms with Crippen molar-refractivity contribution in [2.24, 2.45) is 5.10 Å². The Morgan fingerprint density at radius 1 is 1.15 bits per heavy atom. The molecule has 0 aromatic rings. The Hall–Kier alpha value is -0.670. The standard InChI is InChI=1S/C10H21N3/c1-9(7-11-13(5)6)10(2)8-12(3)4/h7H,8H2,1-6H3/p+2/b10-9+,11-7-. The van der Waals surface area contributed by atoms with E-state index in [1.165, 1.54) is 16.0 Å². The molecule has 0 aromatic heterocycles. The molecule has 0 radical (unpaired) electrons. The fraction of sp³-hybridized carbons (Fsp3) is 0.700. The molecule has 76 valence electrons. The molecule has 3 heteroatoms. The summed E-state index contributed by atoms with van der Waals surface area (Å²) < 4.78 is 0. The molecule has 0 aromatic carbocycles. The van der Waals surface area contributed by atoms with Crippen molar-refractivity contribution in [3.8, 4) is 0 Å². The van der Waals surface area contributed by atoms with Crippen LogP contribution in [0.2, 0.25) is 0 Å². The maximum absolute atomic E-state index is 4.28. The van der Waals surface area contributed by atoms with Crippen LogP contribution in [0.4, 0.5) is 0 Å². The van der Waals surface area contributed by atoms with Gasteiger partial charge in [-0.2, -0.15) is 0 Å². The zero-order chi connectivity index (χ0) is 10.4. The van der Waals surface area contributed by atoms with E-state index in [1.54, 1.807) is 0 Å². The Labute approximate surface area is 81.7 Å². The van der Waals surface area contributed by atoms with Crippen molar-refractivity contribution in [3.05, 3.63) is 11.1 Å². The normalized spacial score (nSPS) is 14.5. The van der Waals surface area contributed by atoms with Crippen molar-refractivity contribution >= 4 is 6.21 Å². The molecule has 3 nitrogen and oxygen atoms in total. The van der Waals surface area contributed by atoms with Gasteiger partial charge in [-0.05, 0) is 25.0 Å². The minimum absolute atomic E-state index is 1.08. The molecule has 0 bridgehead atoms. The quantitative estimate of drug-likeness (QED) is 0.397. The van der Waals surface area contributed by atoms with E-state index >= 15 is 0 Å². The molecule has 0 rings (SSSR count). The Balaban J connectivity index is 4.26. The number of nitrogens with one attached hydrogen (secondary N) is 2. The molecule has 0 aliphatic rings. The maximum atomic E-state index is 4.28. The smallest absolute Gasteiger partial charge is 0.0987 e. The van der Waals surface area contributed by atoms with E-state index in [0.29, 0.717) is 0 Å². The lowest BCUT2D eigenvalue weighted by Crippen LogP contribution is -3.05. The van der Waals surface area contributed by atoms with Crippen LogP contribution in [-0.4, -0.2) is 41.0 Å². The van der Waals surface area contributed by atoms with Crippen molar-refractivity contribution in [3.63, 3.8) is 0 Å². The summed E-state index contributed by atoms with van der Waals surface area (Å²) in [5.41, 5.74) is 2.69. The molecule has 0 aliphatic carbocycles. The molecule has 0 atom stereocenters.